The zero-order chi connectivity index (χ0) is 11.9. The van der Waals surface area contributed by atoms with Gasteiger partial charge >= 0.3 is 0 Å². The van der Waals surface area contributed by atoms with Crippen molar-refractivity contribution in [1.82, 2.24) is 5.32 Å². The molecule has 1 unspecified atom stereocenters. The minimum atomic E-state index is 0.237. The molecule has 2 nitrogen and oxygen atoms in total. The Hall–Kier alpha value is -0.550. The Balaban J connectivity index is 3.77. The van der Waals surface area contributed by atoms with Gasteiger partial charge in [0.2, 0.25) is 0 Å². The van der Waals surface area contributed by atoms with Crippen LogP contribution in [0.25, 0.3) is 0 Å². The first-order valence-electron chi connectivity index (χ1n) is 5.98. The highest BCUT2D eigenvalue weighted by Crippen LogP contribution is 2.21. The van der Waals surface area contributed by atoms with Gasteiger partial charge < -0.3 is 5.32 Å². The summed E-state index contributed by atoms with van der Waals surface area (Å²) in [7, 11) is 0. The summed E-state index contributed by atoms with van der Waals surface area (Å²) in [6, 6.07) is 2.79. The second-order valence-electron chi connectivity index (χ2n) is 5.73. The number of hydrogen-bond donors (Lipinski definition) is 1. The smallest absolute Gasteiger partial charge is 0.0621 e. The summed E-state index contributed by atoms with van der Waals surface area (Å²) in [6.07, 6.45) is 2.85. The van der Waals surface area contributed by atoms with E-state index in [-0.39, 0.29) is 5.41 Å². The summed E-state index contributed by atoms with van der Waals surface area (Å²) in [5.41, 5.74) is 0.237. The molecule has 0 saturated carbocycles. The van der Waals surface area contributed by atoms with Gasteiger partial charge in [-0.15, -0.1) is 0 Å². The first kappa shape index (κ1) is 14.5. The van der Waals surface area contributed by atoms with Crippen molar-refractivity contribution in [3.05, 3.63) is 0 Å². The normalized spacial score (nSPS) is 13.9. The van der Waals surface area contributed by atoms with E-state index in [1.165, 1.54) is 6.42 Å². The second-order valence-corrected chi connectivity index (χ2v) is 5.73. The Morgan fingerprint density at radius 2 is 1.87 bits per heavy atom. The van der Waals surface area contributed by atoms with Crippen molar-refractivity contribution in [2.75, 3.05) is 6.54 Å². The van der Waals surface area contributed by atoms with Crippen molar-refractivity contribution >= 4 is 0 Å². The number of hydrogen-bond acceptors (Lipinski definition) is 2. The maximum Gasteiger partial charge on any atom is 0.0621 e. The van der Waals surface area contributed by atoms with E-state index in [0.29, 0.717) is 12.5 Å². The Kier molecular flexibility index (Phi) is 6.60. The predicted molar refractivity (Wildman–Crippen MR) is 65.5 cm³/mol. The zero-order valence-electron chi connectivity index (χ0n) is 10.9. The van der Waals surface area contributed by atoms with Crippen molar-refractivity contribution in [2.45, 2.75) is 59.9 Å². The maximum atomic E-state index is 8.56. The van der Waals surface area contributed by atoms with Gasteiger partial charge in [0, 0.05) is 19.0 Å². The van der Waals surface area contributed by atoms with Crippen LogP contribution in [-0.2, 0) is 0 Å². The van der Waals surface area contributed by atoms with E-state index in [1.54, 1.807) is 0 Å². The van der Waals surface area contributed by atoms with Crippen molar-refractivity contribution in [3.63, 3.8) is 0 Å². The van der Waals surface area contributed by atoms with Crippen LogP contribution in [0.1, 0.15) is 53.9 Å². The largest absolute Gasteiger partial charge is 0.314 e. The quantitative estimate of drug-likeness (QED) is 0.699. The van der Waals surface area contributed by atoms with Crippen molar-refractivity contribution in [2.24, 2.45) is 11.3 Å². The average molecular weight is 210 g/mol. The average Bonchev–Trinajstić information content (AvgIpc) is 2.11. The standard InChI is InChI=1S/C13H26N2/c1-11(2)9-12(3)15-10-13(4,5)7-6-8-14/h11-12,15H,6-7,9-10H2,1-5H3. The highest BCUT2D eigenvalue weighted by Gasteiger charge is 2.18. The fourth-order valence-electron chi connectivity index (χ4n) is 1.72. The molecule has 0 aliphatic rings. The number of nitriles is 1. The maximum absolute atomic E-state index is 8.56. The molecule has 0 fully saturated rings. The summed E-state index contributed by atoms with van der Waals surface area (Å²) < 4.78 is 0. The lowest BCUT2D eigenvalue weighted by Crippen LogP contribution is -2.36. The van der Waals surface area contributed by atoms with Gasteiger partial charge in [0.05, 0.1) is 6.07 Å². The molecule has 0 amide bonds. The third-order valence-electron chi connectivity index (χ3n) is 2.67. The van der Waals surface area contributed by atoms with Crippen LogP contribution in [0.15, 0.2) is 0 Å². The van der Waals surface area contributed by atoms with Crippen LogP contribution >= 0.6 is 0 Å². The number of rotatable bonds is 7. The van der Waals surface area contributed by atoms with Crippen molar-refractivity contribution in [1.29, 1.82) is 5.26 Å². The molecule has 1 atom stereocenters. The van der Waals surface area contributed by atoms with E-state index < -0.39 is 0 Å². The topological polar surface area (TPSA) is 35.8 Å². The van der Waals surface area contributed by atoms with Crippen molar-refractivity contribution in [3.8, 4) is 6.07 Å². The van der Waals surface area contributed by atoms with Crippen molar-refractivity contribution < 1.29 is 0 Å². The lowest BCUT2D eigenvalue weighted by atomic mass is 9.87. The Morgan fingerprint density at radius 3 is 2.33 bits per heavy atom. The van der Waals surface area contributed by atoms with Gasteiger partial charge in [-0.25, -0.2) is 0 Å². The predicted octanol–water partition coefficient (Wildman–Crippen LogP) is 3.34. The van der Waals surface area contributed by atoms with Crippen LogP contribution in [-0.4, -0.2) is 12.6 Å². The van der Waals surface area contributed by atoms with Crippen LogP contribution in [0, 0.1) is 22.7 Å². The summed E-state index contributed by atoms with van der Waals surface area (Å²) >= 11 is 0. The highest BCUT2D eigenvalue weighted by atomic mass is 14.9. The molecule has 0 rings (SSSR count). The van der Waals surface area contributed by atoms with E-state index in [4.69, 9.17) is 5.26 Å². The molecule has 2 heteroatoms. The lowest BCUT2D eigenvalue weighted by molar-refractivity contribution is 0.293. The van der Waals surface area contributed by atoms with Gasteiger partial charge in [-0.2, -0.15) is 5.26 Å². The van der Waals surface area contributed by atoms with E-state index in [9.17, 15) is 0 Å². The second kappa shape index (κ2) is 6.85. The molecule has 0 aliphatic carbocycles. The third kappa shape index (κ3) is 8.44. The number of nitrogens with zero attached hydrogens (tertiary/aromatic N) is 1. The molecule has 0 aliphatic heterocycles. The van der Waals surface area contributed by atoms with Crippen LogP contribution in [0.3, 0.4) is 0 Å². The van der Waals surface area contributed by atoms with Gasteiger partial charge in [0.1, 0.15) is 0 Å². The molecular formula is C13H26N2. The fraction of sp³-hybridized carbons (Fsp3) is 0.923. The Bertz CT molecular complexity index is 201. The minimum absolute atomic E-state index is 0.237. The summed E-state index contributed by atoms with van der Waals surface area (Å²) in [5, 5.41) is 12.1. The zero-order valence-corrected chi connectivity index (χ0v) is 10.9. The van der Waals surface area contributed by atoms with Gasteiger partial charge in [0.15, 0.2) is 0 Å². The van der Waals surface area contributed by atoms with Crippen LogP contribution in [0.5, 0.6) is 0 Å². The molecule has 0 aromatic heterocycles. The Labute approximate surface area is 95.1 Å². The molecule has 0 aromatic rings. The summed E-state index contributed by atoms with van der Waals surface area (Å²) in [4.78, 5) is 0. The lowest BCUT2D eigenvalue weighted by Gasteiger charge is -2.27. The molecule has 0 bridgehead atoms. The molecular weight excluding hydrogens is 184 g/mol. The molecule has 0 heterocycles. The molecule has 0 saturated heterocycles. The van der Waals surface area contributed by atoms with E-state index >= 15 is 0 Å². The fourth-order valence-corrected chi connectivity index (χ4v) is 1.72. The highest BCUT2D eigenvalue weighted by molar-refractivity contribution is 4.79. The van der Waals surface area contributed by atoms with E-state index in [0.717, 1.165) is 18.9 Å². The van der Waals surface area contributed by atoms with Crippen LogP contribution in [0.4, 0.5) is 0 Å². The van der Waals surface area contributed by atoms with Gasteiger partial charge in [0.25, 0.3) is 0 Å². The molecule has 1 N–H and O–H groups in total. The first-order chi connectivity index (χ1) is 6.87. The Morgan fingerprint density at radius 1 is 1.27 bits per heavy atom. The van der Waals surface area contributed by atoms with E-state index in [2.05, 4.69) is 46.0 Å². The SMILES string of the molecule is CC(C)CC(C)NCC(C)(C)CCC#N. The monoisotopic (exact) mass is 210 g/mol. The third-order valence-corrected chi connectivity index (χ3v) is 2.67. The number of nitrogens with one attached hydrogen (secondary N) is 1. The van der Waals surface area contributed by atoms with Gasteiger partial charge in [-0.05, 0) is 31.1 Å². The minimum Gasteiger partial charge on any atom is -0.314 e. The van der Waals surface area contributed by atoms with Crippen LogP contribution in [0.2, 0.25) is 0 Å². The summed E-state index contributed by atoms with van der Waals surface area (Å²) in [6.45, 7) is 12.2. The van der Waals surface area contributed by atoms with Gasteiger partial charge in [-0.1, -0.05) is 27.7 Å². The molecule has 0 spiro atoms. The first-order valence-corrected chi connectivity index (χ1v) is 5.98. The van der Waals surface area contributed by atoms with Gasteiger partial charge in [-0.3, -0.25) is 0 Å². The van der Waals surface area contributed by atoms with Crippen LogP contribution < -0.4 is 5.32 Å². The van der Waals surface area contributed by atoms with E-state index in [1.807, 2.05) is 0 Å². The molecule has 0 radical (unpaired) electrons. The molecule has 0 aromatic carbocycles. The molecule has 15 heavy (non-hydrogen) atoms. The summed E-state index contributed by atoms with van der Waals surface area (Å²) in [5.74, 6) is 0.745. The molecule has 88 valence electrons.